The Balaban J connectivity index is 2.07. The number of rotatable bonds is 3. The maximum Gasteiger partial charge on any atom is 0.315 e. The average molecular weight is 305 g/mol. The van der Waals surface area contributed by atoms with Gasteiger partial charge in [-0.3, -0.25) is 14.9 Å². The molecule has 6 nitrogen and oxygen atoms in total. The van der Waals surface area contributed by atoms with E-state index in [4.69, 9.17) is 4.74 Å². The Bertz CT molecular complexity index is 682. The zero-order valence-electron chi connectivity index (χ0n) is 11.9. The third kappa shape index (κ3) is 3.79. The molecule has 0 radical (unpaired) electrons. The van der Waals surface area contributed by atoms with Crippen LogP contribution < -0.4 is 15.4 Å². The molecule has 2 N–H and O–H groups in total. The van der Waals surface area contributed by atoms with Crippen LogP contribution in [0.5, 0.6) is 5.75 Å². The van der Waals surface area contributed by atoms with Gasteiger partial charge in [-0.1, -0.05) is 6.07 Å². The molecule has 1 heterocycles. The zero-order chi connectivity index (χ0) is 15.4. The van der Waals surface area contributed by atoms with Crippen molar-refractivity contribution in [2.24, 2.45) is 0 Å². The molecule has 0 spiro atoms. The fraction of sp³-hybridized carbons (Fsp3) is 0.214. The predicted molar refractivity (Wildman–Crippen MR) is 81.8 cm³/mol. The number of nitrogens with one attached hydrogen (secondary N) is 2. The van der Waals surface area contributed by atoms with E-state index in [1.165, 1.54) is 18.4 Å². The molecule has 7 heteroatoms. The quantitative estimate of drug-likeness (QED) is 0.853. The summed E-state index contributed by atoms with van der Waals surface area (Å²) in [5.41, 5.74) is 2.19. The summed E-state index contributed by atoms with van der Waals surface area (Å²) in [6.45, 7) is 3.69. The van der Waals surface area contributed by atoms with Gasteiger partial charge in [0.1, 0.15) is 5.75 Å². The second-order valence-corrected chi connectivity index (χ2v) is 5.26. The lowest BCUT2D eigenvalue weighted by atomic mass is 10.2. The lowest BCUT2D eigenvalue weighted by molar-refractivity contribution is -0.133. The summed E-state index contributed by atoms with van der Waals surface area (Å²) in [6.07, 6.45) is 0. The molecule has 2 aromatic rings. The number of hydrogen-bond acceptors (Lipinski definition) is 5. The molecule has 0 unspecified atom stereocenters. The number of carbonyl (C=O) groups excluding carboxylic acids is 2. The minimum atomic E-state index is -0.772. The van der Waals surface area contributed by atoms with Crippen LogP contribution in [0.2, 0.25) is 0 Å². The van der Waals surface area contributed by atoms with Gasteiger partial charge in [0.05, 0.1) is 18.5 Å². The fourth-order valence-electron chi connectivity index (χ4n) is 1.66. The zero-order valence-corrected chi connectivity index (χ0v) is 12.7. The van der Waals surface area contributed by atoms with Crippen LogP contribution in [0.15, 0.2) is 23.6 Å². The van der Waals surface area contributed by atoms with Crippen LogP contribution in [0, 0.1) is 13.8 Å². The Kier molecular flexibility index (Phi) is 4.54. The third-order valence-corrected chi connectivity index (χ3v) is 3.52. The number of thiazole rings is 1. The van der Waals surface area contributed by atoms with Crippen LogP contribution in [0.25, 0.3) is 0 Å². The third-order valence-electron chi connectivity index (χ3n) is 2.65. The molecule has 1 aromatic heterocycles. The van der Waals surface area contributed by atoms with Gasteiger partial charge in [-0.2, -0.15) is 0 Å². The molecule has 0 aliphatic rings. The summed E-state index contributed by atoms with van der Waals surface area (Å²) in [7, 11) is 1.50. The maximum atomic E-state index is 11.9. The second kappa shape index (κ2) is 6.36. The molecule has 0 saturated heterocycles. The van der Waals surface area contributed by atoms with Crippen molar-refractivity contribution in [3.63, 3.8) is 0 Å². The molecule has 0 aliphatic carbocycles. The molecule has 2 rings (SSSR count). The number of ether oxygens (including phenoxy) is 1. The van der Waals surface area contributed by atoms with E-state index in [1.54, 1.807) is 17.5 Å². The number of hydrogen-bond donors (Lipinski definition) is 2. The van der Waals surface area contributed by atoms with Crippen molar-refractivity contribution in [1.82, 2.24) is 4.98 Å². The number of carbonyl (C=O) groups is 2. The van der Waals surface area contributed by atoms with Crippen LogP contribution in [0.3, 0.4) is 0 Å². The largest absolute Gasteiger partial charge is 0.495 e. The number of nitrogens with zero attached hydrogens (tertiary/aromatic N) is 1. The van der Waals surface area contributed by atoms with Gasteiger partial charge in [-0.05, 0) is 31.5 Å². The Labute approximate surface area is 126 Å². The summed E-state index contributed by atoms with van der Waals surface area (Å²) in [5, 5.41) is 7.16. The van der Waals surface area contributed by atoms with Crippen molar-refractivity contribution in [3.05, 3.63) is 34.8 Å². The number of amides is 2. The van der Waals surface area contributed by atoms with Crippen molar-refractivity contribution in [2.45, 2.75) is 13.8 Å². The van der Waals surface area contributed by atoms with Crippen LogP contribution in [0.4, 0.5) is 10.8 Å². The van der Waals surface area contributed by atoms with Gasteiger partial charge in [0.2, 0.25) is 0 Å². The van der Waals surface area contributed by atoms with Gasteiger partial charge in [0.25, 0.3) is 0 Å². The molecule has 0 bridgehead atoms. The smallest absolute Gasteiger partial charge is 0.315 e. The molecule has 21 heavy (non-hydrogen) atoms. The second-order valence-electron chi connectivity index (χ2n) is 4.41. The fourth-order valence-corrected chi connectivity index (χ4v) is 2.35. The summed E-state index contributed by atoms with van der Waals surface area (Å²) in [5.74, 6) is -1.05. The Morgan fingerprint density at radius 1 is 1.19 bits per heavy atom. The first kappa shape index (κ1) is 15.0. The lowest BCUT2D eigenvalue weighted by Crippen LogP contribution is -2.29. The van der Waals surface area contributed by atoms with Crippen molar-refractivity contribution >= 4 is 34.0 Å². The highest BCUT2D eigenvalue weighted by molar-refractivity contribution is 7.14. The molecule has 0 aliphatic heterocycles. The number of methoxy groups -OCH3 is 1. The summed E-state index contributed by atoms with van der Waals surface area (Å²) in [6, 6.07) is 5.32. The average Bonchev–Trinajstić information content (AvgIpc) is 2.84. The van der Waals surface area contributed by atoms with Crippen molar-refractivity contribution in [2.75, 3.05) is 17.7 Å². The highest BCUT2D eigenvalue weighted by atomic mass is 32.1. The molecule has 0 saturated carbocycles. The van der Waals surface area contributed by atoms with Crippen LogP contribution in [0.1, 0.15) is 11.3 Å². The Morgan fingerprint density at radius 3 is 2.52 bits per heavy atom. The maximum absolute atomic E-state index is 11.9. The van der Waals surface area contributed by atoms with Gasteiger partial charge >= 0.3 is 11.8 Å². The number of aromatic nitrogens is 1. The first-order chi connectivity index (χ1) is 9.99. The van der Waals surface area contributed by atoms with Gasteiger partial charge in [0, 0.05) is 5.38 Å². The predicted octanol–water partition coefficient (Wildman–Crippen LogP) is 2.35. The monoisotopic (exact) mass is 305 g/mol. The van der Waals surface area contributed by atoms with Gasteiger partial charge in [0.15, 0.2) is 5.13 Å². The topological polar surface area (TPSA) is 80.3 Å². The number of anilines is 2. The lowest BCUT2D eigenvalue weighted by Gasteiger charge is -2.10. The normalized spacial score (nSPS) is 10.0. The molecule has 0 fully saturated rings. The molecular formula is C14H15N3O3S. The standard InChI is InChI=1S/C14H15N3O3S/c1-8-4-5-11(20-3)10(6-8)16-12(18)13(19)17-14-15-9(2)7-21-14/h4-7H,1-3H3,(H,16,18)(H,15,17,19). The van der Waals surface area contributed by atoms with E-state index in [2.05, 4.69) is 15.6 Å². The highest BCUT2D eigenvalue weighted by Crippen LogP contribution is 2.25. The summed E-state index contributed by atoms with van der Waals surface area (Å²) < 4.78 is 5.15. The summed E-state index contributed by atoms with van der Waals surface area (Å²) >= 11 is 1.26. The van der Waals surface area contributed by atoms with Gasteiger partial charge in [-0.25, -0.2) is 4.98 Å². The van der Waals surface area contributed by atoms with Crippen molar-refractivity contribution in [1.29, 1.82) is 0 Å². The van der Waals surface area contributed by atoms with Crippen LogP contribution >= 0.6 is 11.3 Å². The van der Waals surface area contributed by atoms with Crippen molar-refractivity contribution < 1.29 is 14.3 Å². The molecule has 110 valence electrons. The minimum Gasteiger partial charge on any atom is -0.495 e. The molecule has 0 atom stereocenters. The van der Waals surface area contributed by atoms with Gasteiger partial charge in [-0.15, -0.1) is 11.3 Å². The van der Waals surface area contributed by atoms with E-state index in [0.29, 0.717) is 16.6 Å². The Morgan fingerprint density at radius 2 is 1.90 bits per heavy atom. The van der Waals surface area contributed by atoms with Gasteiger partial charge < -0.3 is 10.1 Å². The van der Waals surface area contributed by atoms with E-state index in [9.17, 15) is 9.59 Å². The molecule has 2 amide bonds. The first-order valence-electron chi connectivity index (χ1n) is 6.18. The molecule has 1 aromatic carbocycles. The minimum absolute atomic E-state index is 0.392. The first-order valence-corrected chi connectivity index (χ1v) is 7.06. The summed E-state index contributed by atoms with van der Waals surface area (Å²) in [4.78, 5) is 27.8. The van der Waals surface area contributed by atoms with E-state index in [-0.39, 0.29) is 0 Å². The Hall–Kier alpha value is -2.41. The van der Waals surface area contributed by atoms with Crippen LogP contribution in [-0.4, -0.2) is 23.9 Å². The van der Waals surface area contributed by atoms with E-state index in [0.717, 1.165) is 11.3 Å². The molecular weight excluding hydrogens is 290 g/mol. The van der Waals surface area contributed by atoms with Crippen LogP contribution in [-0.2, 0) is 9.59 Å². The number of aryl methyl sites for hydroxylation is 2. The number of benzene rings is 1. The highest BCUT2D eigenvalue weighted by Gasteiger charge is 2.17. The van der Waals surface area contributed by atoms with E-state index < -0.39 is 11.8 Å². The van der Waals surface area contributed by atoms with E-state index >= 15 is 0 Å². The van der Waals surface area contributed by atoms with E-state index in [1.807, 2.05) is 19.9 Å². The van der Waals surface area contributed by atoms with Crippen molar-refractivity contribution in [3.8, 4) is 5.75 Å². The SMILES string of the molecule is COc1ccc(C)cc1NC(=O)C(=O)Nc1nc(C)cs1.